The third kappa shape index (κ3) is 1.95. The lowest BCUT2D eigenvalue weighted by Crippen LogP contribution is -2.02. The van der Waals surface area contributed by atoms with E-state index in [1.54, 1.807) is 12.2 Å². The van der Waals surface area contributed by atoms with Gasteiger partial charge in [0, 0.05) is 12.0 Å². The lowest BCUT2D eigenvalue weighted by molar-refractivity contribution is 0.800. The highest BCUT2D eigenvalue weighted by Crippen LogP contribution is 2.24. The minimum Gasteiger partial charge on any atom is -0.198 e. The Hall–Kier alpha value is -2.05. The Bertz CT molecular complexity index is 382. The molecule has 0 saturated carbocycles. The zero-order chi connectivity index (χ0) is 9.68. The lowest BCUT2D eigenvalue weighted by atomic mass is 9.90. The van der Waals surface area contributed by atoms with Crippen molar-refractivity contribution in [2.75, 3.05) is 0 Å². The van der Waals surface area contributed by atoms with Crippen molar-refractivity contribution in [3.8, 4) is 18.2 Å². The van der Waals surface area contributed by atoms with Gasteiger partial charge in [0.2, 0.25) is 0 Å². The van der Waals surface area contributed by atoms with Gasteiger partial charge in [-0.3, -0.25) is 0 Å². The third-order valence-electron chi connectivity index (χ3n) is 1.91. The molecule has 3 heteroatoms. The minimum absolute atomic E-state index is 0.211. The van der Waals surface area contributed by atoms with Crippen LogP contribution < -0.4 is 0 Å². The number of nitriles is 3. The van der Waals surface area contributed by atoms with Crippen LogP contribution in [-0.2, 0) is 0 Å². The maximum atomic E-state index is 8.74. The van der Waals surface area contributed by atoms with Crippen LogP contribution in [0.2, 0.25) is 0 Å². The third-order valence-corrected chi connectivity index (χ3v) is 1.91. The van der Waals surface area contributed by atoms with E-state index in [0.29, 0.717) is 12.0 Å². The molecule has 0 spiro atoms. The van der Waals surface area contributed by atoms with Gasteiger partial charge >= 0.3 is 0 Å². The van der Waals surface area contributed by atoms with E-state index in [2.05, 4.69) is 6.07 Å². The highest BCUT2D eigenvalue weighted by molar-refractivity contribution is 5.41. The van der Waals surface area contributed by atoms with Crippen molar-refractivity contribution in [2.24, 2.45) is 5.92 Å². The number of hydrogen-bond donors (Lipinski definition) is 0. The quantitative estimate of drug-likeness (QED) is 0.601. The van der Waals surface area contributed by atoms with Crippen LogP contribution in [0.5, 0.6) is 0 Å². The molecule has 0 aromatic rings. The first kappa shape index (κ1) is 9.04. The summed E-state index contributed by atoms with van der Waals surface area (Å²) in [6.45, 7) is 0. The van der Waals surface area contributed by atoms with E-state index in [0.717, 1.165) is 5.57 Å². The van der Waals surface area contributed by atoms with Crippen LogP contribution in [-0.4, -0.2) is 0 Å². The Morgan fingerprint density at radius 2 is 2.15 bits per heavy atom. The fourth-order valence-corrected chi connectivity index (χ4v) is 1.21. The standard InChI is InChI=1S/C10H7N3/c11-4-3-9-2-1-8(6-12)5-10(9)7-13/h1-2,8H,3,5H2. The molecule has 1 aliphatic carbocycles. The Kier molecular flexibility index (Phi) is 2.85. The van der Waals surface area contributed by atoms with Crippen LogP contribution >= 0.6 is 0 Å². The summed E-state index contributed by atoms with van der Waals surface area (Å²) in [7, 11) is 0. The fraction of sp³-hybridized carbons (Fsp3) is 0.300. The van der Waals surface area contributed by atoms with Gasteiger partial charge in [0.1, 0.15) is 0 Å². The van der Waals surface area contributed by atoms with E-state index in [1.807, 2.05) is 12.1 Å². The predicted octanol–water partition coefficient (Wildman–Crippen LogP) is 1.82. The van der Waals surface area contributed by atoms with E-state index in [9.17, 15) is 0 Å². The second kappa shape index (κ2) is 4.10. The largest absolute Gasteiger partial charge is 0.198 e. The van der Waals surface area contributed by atoms with Gasteiger partial charge in [-0.05, 0) is 5.57 Å². The van der Waals surface area contributed by atoms with E-state index in [1.165, 1.54) is 0 Å². The summed E-state index contributed by atoms with van der Waals surface area (Å²) in [5, 5.41) is 25.8. The summed E-state index contributed by atoms with van der Waals surface area (Å²) in [4.78, 5) is 0. The van der Waals surface area contributed by atoms with Crippen LogP contribution in [0.1, 0.15) is 12.8 Å². The molecule has 1 rings (SSSR count). The maximum Gasteiger partial charge on any atom is 0.0950 e. The van der Waals surface area contributed by atoms with Crippen LogP contribution in [0.3, 0.4) is 0 Å². The van der Waals surface area contributed by atoms with E-state index >= 15 is 0 Å². The van der Waals surface area contributed by atoms with Crippen molar-refractivity contribution in [3.63, 3.8) is 0 Å². The first-order valence-corrected chi connectivity index (χ1v) is 3.88. The van der Waals surface area contributed by atoms with E-state index < -0.39 is 0 Å². The van der Waals surface area contributed by atoms with Crippen molar-refractivity contribution >= 4 is 0 Å². The second-order valence-electron chi connectivity index (χ2n) is 2.75. The molecule has 3 nitrogen and oxygen atoms in total. The molecule has 0 bridgehead atoms. The summed E-state index contributed by atoms with van der Waals surface area (Å²) in [5.41, 5.74) is 1.31. The molecule has 1 aliphatic rings. The normalized spacial score (nSPS) is 20.2. The number of hydrogen-bond acceptors (Lipinski definition) is 3. The number of nitrogens with zero attached hydrogens (tertiary/aromatic N) is 3. The molecule has 1 atom stereocenters. The molecular weight excluding hydrogens is 162 g/mol. The SMILES string of the molecule is N#CCC1=C(C#N)CC(C#N)C=C1. The van der Waals surface area contributed by atoms with Crippen LogP contribution in [0.15, 0.2) is 23.3 Å². The number of rotatable bonds is 1. The molecule has 13 heavy (non-hydrogen) atoms. The van der Waals surface area contributed by atoms with Gasteiger partial charge in [-0.25, -0.2) is 0 Å². The molecule has 0 radical (unpaired) electrons. The summed E-state index contributed by atoms with van der Waals surface area (Å²) in [5.74, 6) is -0.211. The summed E-state index contributed by atoms with van der Waals surface area (Å²) >= 11 is 0. The van der Waals surface area contributed by atoms with Crippen molar-refractivity contribution in [2.45, 2.75) is 12.8 Å². The zero-order valence-corrected chi connectivity index (χ0v) is 6.99. The molecule has 0 fully saturated rings. The summed E-state index contributed by atoms with van der Waals surface area (Å²) in [6, 6.07) is 6.10. The average Bonchev–Trinajstić information content (AvgIpc) is 2.19. The highest BCUT2D eigenvalue weighted by Gasteiger charge is 2.15. The van der Waals surface area contributed by atoms with Crippen molar-refractivity contribution in [1.82, 2.24) is 0 Å². The molecule has 0 saturated heterocycles. The van der Waals surface area contributed by atoms with Gasteiger partial charge in [-0.15, -0.1) is 0 Å². The monoisotopic (exact) mass is 169 g/mol. The smallest absolute Gasteiger partial charge is 0.0950 e. The van der Waals surface area contributed by atoms with Crippen molar-refractivity contribution in [3.05, 3.63) is 23.3 Å². The average molecular weight is 169 g/mol. The van der Waals surface area contributed by atoms with Gasteiger partial charge in [0.05, 0.1) is 30.5 Å². The Morgan fingerprint density at radius 3 is 2.69 bits per heavy atom. The summed E-state index contributed by atoms with van der Waals surface area (Å²) in [6.07, 6.45) is 4.14. The second-order valence-corrected chi connectivity index (χ2v) is 2.75. The van der Waals surface area contributed by atoms with Gasteiger partial charge in [0.15, 0.2) is 0 Å². The Labute approximate surface area is 76.8 Å². The van der Waals surface area contributed by atoms with Gasteiger partial charge in [0.25, 0.3) is 0 Å². The van der Waals surface area contributed by atoms with Crippen molar-refractivity contribution in [1.29, 1.82) is 15.8 Å². The van der Waals surface area contributed by atoms with E-state index in [4.69, 9.17) is 15.8 Å². The first-order chi connectivity index (χ1) is 6.31. The molecule has 0 N–H and O–H groups in total. The molecule has 62 valence electrons. The fourth-order valence-electron chi connectivity index (χ4n) is 1.21. The van der Waals surface area contributed by atoms with Crippen LogP contribution in [0.4, 0.5) is 0 Å². The van der Waals surface area contributed by atoms with Crippen LogP contribution in [0, 0.1) is 39.9 Å². The summed E-state index contributed by atoms with van der Waals surface area (Å²) < 4.78 is 0. The minimum atomic E-state index is -0.211. The van der Waals surface area contributed by atoms with E-state index in [-0.39, 0.29) is 12.3 Å². The topological polar surface area (TPSA) is 71.4 Å². The number of allylic oxidation sites excluding steroid dienone is 4. The van der Waals surface area contributed by atoms with Crippen LogP contribution in [0.25, 0.3) is 0 Å². The molecule has 0 aromatic carbocycles. The molecule has 0 aromatic heterocycles. The molecular formula is C10H7N3. The maximum absolute atomic E-state index is 8.74. The first-order valence-electron chi connectivity index (χ1n) is 3.88. The molecule has 0 amide bonds. The van der Waals surface area contributed by atoms with Crippen molar-refractivity contribution < 1.29 is 0 Å². The molecule has 0 heterocycles. The Balaban J connectivity index is 2.91. The van der Waals surface area contributed by atoms with Gasteiger partial charge in [-0.2, -0.15) is 15.8 Å². The van der Waals surface area contributed by atoms with Gasteiger partial charge < -0.3 is 0 Å². The zero-order valence-electron chi connectivity index (χ0n) is 6.99. The highest BCUT2D eigenvalue weighted by atomic mass is 14.3. The lowest BCUT2D eigenvalue weighted by Gasteiger charge is -2.10. The van der Waals surface area contributed by atoms with Gasteiger partial charge in [-0.1, -0.05) is 12.2 Å². The Morgan fingerprint density at radius 1 is 1.38 bits per heavy atom. The molecule has 0 aliphatic heterocycles. The predicted molar refractivity (Wildman–Crippen MR) is 45.7 cm³/mol. The molecule has 1 unspecified atom stereocenters.